The first-order valence-corrected chi connectivity index (χ1v) is 6.92. The Kier molecular flexibility index (Phi) is 3.11. The Morgan fingerprint density at radius 1 is 1.62 bits per heavy atom. The molecule has 1 nitrogen and oxygen atoms in total. The van der Waals surface area contributed by atoms with Gasteiger partial charge in [0.1, 0.15) is 5.78 Å². The number of thioether (sulfide) groups is 1. The van der Waals surface area contributed by atoms with Crippen LogP contribution in [0.2, 0.25) is 0 Å². The largest absolute Gasteiger partial charge is 0.298 e. The van der Waals surface area contributed by atoms with Crippen molar-refractivity contribution in [1.29, 1.82) is 0 Å². The maximum Gasteiger partial charge on any atom is 0.146 e. The number of halogens is 1. The highest BCUT2D eigenvalue weighted by atomic mass is 79.9. The molecular formula is C9H9BrOS2. The van der Waals surface area contributed by atoms with Gasteiger partial charge in [0.15, 0.2) is 0 Å². The van der Waals surface area contributed by atoms with Gasteiger partial charge in [0.2, 0.25) is 0 Å². The average molecular weight is 277 g/mol. The van der Waals surface area contributed by atoms with Crippen LogP contribution >= 0.6 is 39.0 Å². The predicted molar refractivity (Wildman–Crippen MR) is 61.5 cm³/mol. The Bertz CT molecular complexity index is 321. The zero-order chi connectivity index (χ0) is 9.26. The molecule has 4 heteroatoms. The molecule has 70 valence electrons. The molecule has 1 unspecified atom stereocenters. The molecule has 1 fully saturated rings. The Morgan fingerprint density at radius 2 is 2.46 bits per heavy atom. The van der Waals surface area contributed by atoms with Crippen molar-refractivity contribution in [3.05, 3.63) is 20.8 Å². The molecule has 0 N–H and O–H groups in total. The fourth-order valence-corrected chi connectivity index (χ4v) is 3.83. The molecule has 1 aromatic heterocycles. The van der Waals surface area contributed by atoms with Crippen molar-refractivity contribution in [2.45, 2.75) is 6.42 Å². The molecule has 1 aromatic rings. The van der Waals surface area contributed by atoms with Gasteiger partial charge in [-0.15, -0.1) is 11.3 Å². The van der Waals surface area contributed by atoms with E-state index in [-0.39, 0.29) is 5.92 Å². The summed E-state index contributed by atoms with van der Waals surface area (Å²) in [6.07, 6.45) is 0.913. The normalized spacial score (nSPS) is 22.5. The van der Waals surface area contributed by atoms with Gasteiger partial charge in [-0.2, -0.15) is 11.8 Å². The highest BCUT2D eigenvalue weighted by Crippen LogP contribution is 2.29. The number of carbonyl (C=O) groups excluding carboxylic acids is 1. The number of thiophene rings is 1. The van der Waals surface area contributed by atoms with Gasteiger partial charge in [0.25, 0.3) is 0 Å². The summed E-state index contributed by atoms with van der Waals surface area (Å²) < 4.78 is 1.18. The van der Waals surface area contributed by atoms with Gasteiger partial charge in [0.05, 0.1) is 9.54 Å². The summed E-state index contributed by atoms with van der Waals surface area (Å²) >= 11 is 6.94. The van der Waals surface area contributed by atoms with E-state index < -0.39 is 0 Å². The van der Waals surface area contributed by atoms with E-state index >= 15 is 0 Å². The lowest BCUT2D eigenvalue weighted by Gasteiger charge is -2.04. The van der Waals surface area contributed by atoms with Crippen LogP contribution in [0.5, 0.6) is 0 Å². The number of hydrogen-bond donors (Lipinski definition) is 0. The number of carbonyl (C=O) groups is 1. The van der Waals surface area contributed by atoms with Crippen molar-refractivity contribution in [2.24, 2.45) is 5.92 Å². The molecule has 0 aromatic carbocycles. The Morgan fingerprint density at radius 3 is 3.00 bits per heavy atom. The molecule has 0 bridgehead atoms. The molecule has 0 radical (unpaired) electrons. The van der Waals surface area contributed by atoms with Gasteiger partial charge in [-0.05, 0) is 39.4 Å². The van der Waals surface area contributed by atoms with Crippen molar-refractivity contribution >= 4 is 44.8 Å². The topological polar surface area (TPSA) is 17.1 Å². The number of rotatable bonds is 2. The number of Topliss-reactive ketones (excluding diaryl/α,β-unsaturated/α-hetero) is 1. The minimum Gasteiger partial charge on any atom is -0.298 e. The molecule has 2 heterocycles. The molecule has 0 amide bonds. The van der Waals surface area contributed by atoms with Crippen LogP contribution in [-0.2, 0) is 11.2 Å². The van der Waals surface area contributed by atoms with Crippen LogP contribution in [0.1, 0.15) is 5.56 Å². The van der Waals surface area contributed by atoms with E-state index in [2.05, 4.69) is 27.4 Å². The summed E-state index contributed by atoms with van der Waals surface area (Å²) in [7, 11) is 0. The molecular weight excluding hydrogens is 268 g/mol. The van der Waals surface area contributed by atoms with E-state index in [0.29, 0.717) is 11.5 Å². The third-order valence-electron chi connectivity index (χ3n) is 2.18. The van der Waals surface area contributed by atoms with Crippen LogP contribution in [0.3, 0.4) is 0 Å². The van der Waals surface area contributed by atoms with Crippen LogP contribution in [0.4, 0.5) is 0 Å². The molecule has 1 aliphatic rings. The van der Waals surface area contributed by atoms with E-state index in [0.717, 1.165) is 12.2 Å². The number of hydrogen-bond acceptors (Lipinski definition) is 3. The molecule has 1 aliphatic heterocycles. The standard InChI is InChI=1S/C9H9BrOS2/c10-9-6(1-2-13-9)3-7-4-12-5-8(7)11/h1-2,7H,3-5H2. The SMILES string of the molecule is O=C1CSCC1Cc1ccsc1Br. The van der Waals surface area contributed by atoms with Crippen molar-refractivity contribution in [3.8, 4) is 0 Å². The first kappa shape index (κ1) is 9.74. The van der Waals surface area contributed by atoms with Gasteiger partial charge in [-0.25, -0.2) is 0 Å². The summed E-state index contributed by atoms with van der Waals surface area (Å²) in [5.41, 5.74) is 1.28. The van der Waals surface area contributed by atoms with E-state index in [1.165, 1.54) is 9.35 Å². The quantitative estimate of drug-likeness (QED) is 0.826. The smallest absolute Gasteiger partial charge is 0.146 e. The Balaban J connectivity index is 2.06. The van der Waals surface area contributed by atoms with Crippen molar-refractivity contribution in [3.63, 3.8) is 0 Å². The van der Waals surface area contributed by atoms with Crippen LogP contribution in [0, 0.1) is 5.92 Å². The average Bonchev–Trinajstić information content (AvgIpc) is 2.65. The lowest BCUT2D eigenvalue weighted by Crippen LogP contribution is -2.13. The second-order valence-electron chi connectivity index (χ2n) is 3.10. The van der Waals surface area contributed by atoms with Crippen LogP contribution in [-0.4, -0.2) is 17.3 Å². The maximum atomic E-state index is 11.4. The van der Waals surface area contributed by atoms with Crippen molar-refractivity contribution in [1.82, 2.24) is 0 Å². The molecule has 1 atom stereocenters. The van der Waals surface area contributed by atoms with E-state index in [4.69, 9.17) is 0 Å². The van der Waals surface area contributed by atoms with E-state index in [1.807, 2.05) is 0 Å². The van der Waals surface area contributed by atoms with Gasteiger partial charge >= 0.3 is 0 Å². The highest BCUT2D eigenvalue weighted by Gasteiger charge is 2.25. The van der Waals surface area contributed by atoms with Gasteiger partial charge in [-0.3, -0.25) is 4.79 Å². The molecule has 0 aliphatic carbocycles. The summed E-state index contributed by atoms with van der Waals surface area (Å²) in [6.45, 7) is 0. The van der Waals surface area contributed by atoms with Gasteiger partial charge in [-0.1, -0.05) is 0 Å². The minimum absolute atomic E-state index is 0.260. The second kappa shape index (κ2) is 4.15. The Labute approximate surface area is 94.0 Å². The minimum atomic E-state index is 0.260. The van der Waals surface area contributed by atoms with E-state index in [1.54, 1.807) is 23.1 Å². The molecule has 2 rings (SSSR count). The predicted octanol–water partition coefficient (Wildman–Crippen LogP) is 2.99. The van der Waals surface area contributed by atoms with E-state index in [9.17, 15) is 4.79 Å². The second-order valence-corrected chi connectivity index (χ2v) is 6.37. The summed E-state index contributed by atoms with van der Waals surface area (Å²) in [5.74, 6) is 2.40. The summed E-state index contributed by atoms with van der Waals surface area (Å²) in [5, 5.41) is 2.06. The van der Waals surface area contributed by atoms with Crippen LogP contribution in [0.25, 0.3) is 0 Å². The first-order valence-electron chi connectivity index (χ1n) is 4.09. The molecule has 0 saturated carbocycles. The fraction of sp³-hybridized carbons (Fsp3) is 0.444. The zero-order valence-corrected chi connectivity index (χ0v) is 10.2. The van der Waals surface area contributed by atoms with Gasteiger partial charge < -0.3 is 0 Å². The fourth-order valence-electron chi connectivity index (χ4n) is 1.42. The van der Waals surface area contributed by atoms with Crippen LogP contribution in [0.15, 0.2) is 15.2 Å². The highest BCUT2D eigenvalue weighted by molar-refractivity contribution is 9.11. The first-order chi connectivity index (χ1) is 6.27. The van der Waals surface area contributed by atoms with Crippen molar-refractivity contribution < 1.29 is 4.79 Å². The van der Waals surface area contributed by atoms with Gasteiger partial charge in [0, 0.05) is 11.7 Å². The lowest BCUT2D eigenvalue weighted by atomic mass is 10.0. The summed E-state index contributed by atoms with van der Waals surface area (Å²) in [6, 6.07) is 2.10. The zero-order valence-electron chi connectivity index (χ0n) is 6.96. The molecule has 13 heavy (non-hydrogen) atoms. The van der Waals surface area contributed by atoms with Crippen LogP contribution < -0.4 is 0 Å². The summed E-state index contributed by atoms with van der Waals surface area (Å²) in [4.78, 5) is 11.4. The van der Waals surface area contributed by atoms with Crippen molar-refractivity contribution in [2.75, 3.05) is 11.5 Å². The third kappa shape index (κ3) is 2.17. The molecule has 0 spiro atoms. The third-order valence-corrected chi connectivity index (χ3v) is 5.12. The Hall–Kier alpha value is 0.200. The monoisotopic (exact) mass is 276 g/mol. The molecule has 1 saturated heterocycles. The lowest BCUT2D eigenvalue weighted by molar-refractivity contribution is -0.119. The maximum absolute atomic E-state index is 11.4. The number of ketones is 1.